The van der Waals surface area contributed by atoms with Crippen molar-refractivity contribution in [1.29, 1.82) is 0 Å². The molecule has 0 spiro atoms. The second-order valence-electron chi connectivity index (χ2n) is 6.89. The van der Waals surface area contributed by atoms with Gasteiger partial charge in [0.2, 0.25) is 0 Å². The van der Waals surface area contributed by atoms with Crippen LogP contribution in [0, 0.1) is 6.92 Å². The maximum absolute atomic E-state index is 12.6. The molecular weight excluding hydrogens is 359 g/mol. The Kier molecular flexibility index (Phi) is 6.34. The molecule has 1 saturated carbocycles. The summed E-state index contributed by atoms with van der Waals surface area (Å²) in [7, 11) is 3.22. The molecule has 0 aliphatic heterocycles. The minimum Gasteiger partial charge on any atom is -0.495 e. The summed E-state index contributed by atoms with van der Waals surface area (Å²) in [4.78, 5) is 16.7. The fourth-order valence-electron chi connectivity index (χ4n) is 3.46. The number of pyridine rings is 1. The molecule has 3 N–H and O–H groups in total. The number of alkyl halides is 1. The maximum Gasteiger partial charge on any atom is 0.254 e. The van der Waals surface area contributed by atoms with Crippen molar-refractivity contribution in [1.82, 2.24) is 10.3 Å². The lowest BCUT2D eigenvalue weighted by Gasteiger charge is -2.29. The average Bonchev–Trinajstić information content (AvgIpc) is 2.67. The SMILES string of the molecule is CNC(=O)c1cnc(NCCF)c(C)c1Nc1c(OC)cccc1C1CCC1. The molecule has 28 heavy (non-hydrogen) atoms. The van der Waals surface area contributed by atoms with Crippen molar-refractivity contribution in [3.05, 3.63) is 41.1 Å². The number of hydrogen-bond donors (Lipinski definition) is 3. The normalized spacial score (nSPS) is 13.6. The number of nitrogens with one attached hydrogen (secondary N) is 3. The quantitative estimate of drug-likeness (QED) is 0.635. The fraction of sp³-hybridized carbons (Fsp3) is 0.429. The number of methoxy groups -OCH3 is 1. The number of carbonyl (C=O) groups is 1. The molecule has 6 nitrogen and oxygen atoms in total. The molecule has 150 valence electrons. The van der Waals surface area contributed by atoms with E-state index in [4.69, 9.17) is 4.74 Å². The van der Waals surface area contributed by atoms with Crippen LogP contribution in [0.2, 0.25) is 0 Å². The molecule has 0 unspecified atom stereocenters. The molecule has 0 radical (unpaired) electrons. The molecule has 1 aromatic heterocycles. The van der Waals surface area contributed by atoms with Crippen molar-refractivity contribution < 1.29 is 13.9 Å². The first-order valence-corrected chi connectivity index (χ1v) is 9.56. The number of anilines is 3. The maximum atomic E-state index is 12.6. The number of benzene rings is 1. The van der Waals surface area contributed by atoms with E-state index in [0.717, 1.165) is 29.8 Å². The lowest BCUT2D eigenvalue weighted by molar-refractivity contribution is 0.0963. The van der Waals surface area contributed by atoms with E-state index in [0.29, 0.717) is 23.0 Å². The first-order valence-electron chi connectivity index (χ1n) is 9.56. The van der Waals surface area contributed by atoms with E-state index in [-0.39, 0.29) is 12.5 Å². The third-order valence-corrected chi connectivity index (χ3v) is 5.25. The van der Waals surface area contributed by atoms with Crippen LogP contribution in [0.25, 0.3) is 0 Å². The summed E-state index contributed by atoms with van der Waals surface area (Å²) in [5.41, 5.74) is 3.87. The number of hydrogen-bond acceptors (Lipinski definition) is 5. The van der Waals surface area contributed by atoms with Crippen molar-refractivity contribution in [2.75, 3.05) is 38.0 Å². The molecule has 1 fully saturated rings. The summed E-state index contributed by atoms with van der Waals surface area (Å²) in [5, 5.41) is 9.08. The highest BCUT2D eigenvalue weighted by molar-refractivity contribution is 6.01. The summed E-state index contributed by atoms with van der Waals surface area (Å²) < 4.78 is 18.2. The standard InChI is InChI=1S/C21H27FN4O2/c1-13-18(16(21(27)23-2)12-25-20(13)24-11-10-22)26-19-15(14-6-4-7-14)8-5-9-17(19)28-3/h5,8-9,12,14H,4,6-7,10-11H2,1-3H3,(H,23,27)(H2,24,25,26). The highest BCUT2D eigenvalue weighted by Crippen LogP contribution is 2.44. The fourth-order valence-corrected chi connectivity index (χ4v) is 3.46. The second kappa shape index (κ2) is 8.91. The summed E-state index contributed by atoms with van der Waals surface area (Å²) in [5.74, 6) is 1.51. The van der Waals surface area contributed by atoms with Crippen LogP contribution in [0.4, 0.5) is 21.6 Å². The van der Waals surface area contributed by atoms with E-state index in [9.17, 15) is 9.18 Å². The Labute approximate surface area is 164 Å². The molecule has 7 heteroatoms. The summed E-state index contributed by atoms with van der Waals surface area (Å²) in [6, 6.07) is 6.00. The third-order valence-electron chi connectivity index (χ3n) is 5.25. The van der Waals surface area contributed by atoms with E-state index in [1.807, 2.05) is 19.1 Å². The Bertz CT molecular complexity index is 853. The topological polar surface area (TPSA) is 75.3 Å². The molecule has 1 amide bonds. The average molecular weight is 386 g/mol. The number of carbonyl (C=O) groups excluding carboxylic acids is 1. The zero-order valence-corrected chi connectivity index (χ0v) is 16.6. The van der Waals surface area contributed by atoms with Crippen LogP contribution in [0.1, 0.15) is 46.7 Å². The van der Waals surface area contributed by atoms with Gasteiger partial charge in [0.25, 0.3) is 5.91 Å². The molecule has 2 aromatic rings. The van der Waals surface area contributed by atoms with Gasteiger partial charge in [-0.1, -0.05) is 18.6 Å². The van der Waals surface area contributed by atoms with Gasteiger partial charge in [0.05, 0.1) is 24.0 Å². The van der Waals surface area contributed by atoms with Gasteiger partial charge in [-0.2, -0.15) is 0 Å². The second-order valence-corrected chi connectivity index (χ2v) is 6.89. The van der Waals surface area contributed by atoms with Crippen molar-refractivity contribution in [3.63, 3.8) is 0 Å². The van der Waals surface area contributed by atoms with E-state index in [2.05, 4.69) is 27.0 Å². The van der Waals surface area contributed by atoms with E-state index >= 15 is 0 Å². The zero-order valence-electron chi connectivity index (χ0n) is 16.6. The Morgan fingerprint density at radius 2 is 2.11 bits per heavy atom. The first-order chi connectivity index (χ1) is 13.6. The van der Waals surface area contributed by atoms with E-state index in [1.54, 1.807) is 14.2 Å². The molecule has 0 bridgehead atoms. The smallest absolute Gasteiger partial charge is 0.254 e. The minimum atomic E-state index is -0.501. The lowest BCUT2D eigenvalue weighted by Crippen LogP contribution is -2.21. The van der Waals surface area contributed by atoms with Gasteiger partial charge >= 0.3 is 0 Å². The molecule has 0 atom stereocenters. The van der Waals surface area contributed by atoms with Gasteiger partial charge in [0, 0.05) is 25.4 Å². The van der Waals surface area contributed by atoms with Gasteiger partial charge in [-0.15, -0.1) is 0 Å². The minimum absolute atomic E-state index is 0.161. The summed E-state index contributed by atoms with van der Waals surface area (Å²) in [6.07, 6.45) is 5.01. The highest BCUT2D eigenvalue weighted by Gasteiger charge is 2.25. The molecule has 1 aliphatic carbocycles. The molecule has 1 aliphatic rings. The van der Waals surface area contributed by atoms with Gasteiger partial charge in [-0.05, 0) is 37.3 Å². The number of halogens is 1. The van der Waals surface area contributed by atoms with Crippen LogP contribution in [-0.4, -0.2) is 38.3 Å². The molecule has 1 heterocycles. The lowest BCUT2D eigenvalue weighted by atomic mass is 9.79. The van der Waals surface area contributed by atoms with Gasteiger partial charge < -0.3 is 20.7 Å². The number of ether oxygens (including phenoxy) is 1. The molecule has 0 saturated heterocycles. The molecule has 1 aromatic carbocycles. The Morgan fingerprint density at radius 3 is 2.71 bits per heavy atom. The first kappa shape index (κ1) is 19.9. The number of para-hydroxylation sites is 1. The number of amides is 1. The largest absolute Gasteiger partial charge is 0.495 e. The van der Waals surface area contributed by atoms with E-state index < -0.39 is 6.67 Å². The Hall–Kier alpha value is -2.83. The van der Waals surface area contributed by atoms with Crippen LogP contribution >= 0.6 is 0 Å². The van der Waals surface area contributed by atoms with Crippen molar-refractivity contribution >= 4 is 23.1 Å². The molecular formula is C21H27FN4O2. The van der Waals surface area contributed by atoms with Crippen LogP contribution in [0.3, 0.4) is 0 Å². The van der Waals surface area contributed by atoms with E-state index in [1.165, 1.54) is 18.2 Å². The predicted octanol–water partition coefficient (Wildman–Crippen LogP) is 4.15. The van der Waals surface area contributed by atoms with Gasteiger partial charge in [-0.3, -0.25) is 4.79 Å². The summed E-state index contributed by atoms with van der Waals surface area (Å²) >= 11 is 0. The third kappa shape index (κ3) is 3.88. The predicted molar refractivity (Wildman–Crippen MR) is 110 cm³/mol. The van der Waals surface area contributed by atoms with Crippen molar-refractivity contribution in [3.8, 4) is 5.75 Å². The molecule has 3 rings (SSSR count). The van der Waals surface area contributed by atoms with Crippen molar-refractivity contribution in [2.24, 2.45) is 0 Å². The highest BCUT2D eigenvalue weighted by atomic mass is 19.1. The van der Waals surface area contributed by atoms with Crippen LogP contribution in [0.5, 0.6) is 5.75 Å². The van der Waals surface area contributed by atoms with Crippen LogP contribution < -0.4 is 20.7 Å². The number of nitrogens with zero attached hydrogens (tertiary/aromatic N) is 1. The zero-order chi connectivity index (χ0) is 20.1. The monoisotopic (exact) mass is 386 g/mol. The Balaban J connectivity index is 2.09. The number of aromatic nitrogens is 1. The van der Waals surface area contributed by atoms with Gasteiger partial charge in [0.1, 0.15) is 18.2 Å². The van der Waals surface area contributed by atoms with Crippen molar-refractivity contribution in [2.45, 2.75) is 32.1 Å². The van der Waals surface area contributed by atoms with Crippen LogP contribution in [-0.2, 0) is 0 Å². The van der Waals surface area contributed by atoms with Gasteiger partial charge in [0.15, 0.2) is 0 Å². The number of rotatable bonds is 8. The summed E-state index contributed by atoms with van der Waals surface area (Å²) in [6.45, 7) is 1.52. The van der Waals surface area contributed by atoms with Gasteiger partial charge in [-0.25, -0.2) is 9.37 Å². The Morgan fingerprint density at radius 1 is 1.32 bits per heavy atom. The van der Waals surface area contributed by atoms with Crippen LogP contribution in [0.15, 0.2) is 24.4 Å².